The van der Waals surface area contributed by atoms with Gasteiger partial charge in [0.2, 0.25) is 0 Å². The number of nitrogens with zero attached hydrogens (tertiary/aromatic N) is 1. The van der Waals surface area contributed by atoms with E-state index in [1.165, 1.54) is 0 Å². The molecule has 1 aliphatic heterocycles. The molecule has 5 heteroatoms. The molecule has 0 atom stereocenters. The van der Waals surface area contributed by atoms with Crippen molar-refractivity contribution in [3.8, 4) is 0 Å². The zero-order chi connectivity index (χ0) is 11.0. The van der Waals surface area contributed by atoms with Gasteiger partial charge in [-0.2, -0.15) is 0 Å². The molecule has 1 aliphatic rings. The van der Waals surface area contributed by atoms with Gasteiger partial charge < -0.3 is 5.11 Å². The van der Waals surface area contributed by atoms with Gasteiger partial charge in [0.15, 0.2) is 9.84 Å². The fourth-order valence-corrected chi connectivity index (χ4v) is 2.39. The maximum atomic E-state index is 11.7. The predicted molar refractivity (Wildman–Crippen MR) is 56.0 cm³/mol. The van der Waals surface area contributed by atoms with E-state index in [1.54, 1.807) is 20.8 Å². The standard InChI is InChI=1S/C9H19NO3S/c1-9(2,3)14(12,13)5-4-10-6-8(11)7-10/h8,11H,4-7H2,1-3H3. The monoisotopic (exact) mass is 221 g/mol. The molecule has 1 rings (SSSR count). The molecule has 0 unspecified atom stereocenters. The molecule has 0 spiro atoms. The lowest BCUT2D eigenvalue weighted by Crippen LogP contribution is -2.52. The summed E-state index contributed by atoms with van der Waals surface area (Å²) in [6, 6.07) is 0. The summed E-state index contributed by atoms with van der Waals surface area (Å²) in [5.41, 5.74) is 0. The minimum Gasteiger partial charge on any atom is -0.390 e. The lowest BCUT2D eigenvalue weighted by molar-refractivity contribution is 0.00619. The van der Waals surface area contributed by atoms with Crippen LogP contribution in [0.4, 0.5) is 0 Å². The van der Waals surface area contributed by atoms with Crippen LogP contribution in [0.15, 0.2) is 0 Å². The lowest BCUT2D eigenvalue weighted by atomic mass is 10.2. The van der Waals surface area contributed by atoms with Gasteiger partial charge in [-0.15, -0.1) is 0 Å². The molecule has 0 aromatic rings. The van der Waals surface area contributed by atoms with Crippen molar-refractivity contribution in [2.24, 2.45) is 0 Å². The van der Waals surface area contributed by atoms with Crippen LogP contribution in [-0.4, -0.2) is 54.7 Å². The van der Waals surface area contributed by atoms with Gasteiger partial charge >= 0.3 is 0 Å². The van der Waals surface area contributed by atoms with Crippen LogP contribution in [0.5, 0.6) is 0 Å². The molecule has 0 aromatic heterocycles. The first-order valence-corrected chi connectivity index (χ1v) is 6.50. The first-order valence-electron chi connectivity index (χ1n) is 4.85. The van der Waals surface area contributed by atoms with Gasteiger partial charge in [-0.1, -0.05) is 0 Å². The van der Waals surface area contributed by atoms with Gasteiger partial charge in [-0.05, 0) is 20.8 Å². The number of hydrogen-bond acceptors (Lipinski definition) is 4. The van der Waals surface area contributed by atoms with E-state index in [2.05, 4.69) is 0 Å². The average molecular weight is 221 g/mol. The second kappa shape index (κ2) is 3.79. The summed E-state index contributed by atoms with van der Waals surface area (Å²) in [4.78, 5) is 1.95. The van der Waals surface area contributed by atoms with Crippen LogP contribution in [0.2, 0.25) is 0 Å². The van der Waals surface area contributed by atoms with Crippen LogP contribution in [0.3, 0.4) is 0 Å². The Labute approximate surface area is 85.8 Å². The van der Waals surface area contributed by atoms with E-state index in [0.29, 0.717) is 19.6 Å². The molecule has 14 heavy (non-hydrogen) atoms. The van der Waals surface area contributed by atoms with Crippen LogP contribution < -0.4 is 0 Å². The van der Waals surface area contributed by atoms with Gasteiger partial charge in [0, 0.05) is 19.6 Å². The molecule has 0 amide bonds. The Balaban J connectivity index is 2.38. The van der Waals surface area contributed by atoms with Crippen molar-refractivity contribution in [2.45, 2.75) is 31.6 Å². The first-order chi connectivity index (χ1) is 6.22. The molecule has 1 saturated heterocycles. The second-order valence-electron chi connectivity index (χ2n) is 4.84. The highest BCUT2D eigenvalue weighted by Crippen LogP contribution is 2.17. The number of likely N-dealkylation sites (tertiary alicyclic amines) is 1. The fourth-order valence-electron chi connectivity index (χ4n) is 1.28. The maximum Gasteiger partial charge on any atom is 0.156 e. The van der Waals surface area contributed by atoms with Crippen molar-refractivity contribution in [1.82, 2.24) is 4.90 Å². The Kier molecular flexibility index (Phi) is 3.23. The number of β-amino-alcohol motifs (C(OH)–C–C–N with tert-alkyl or cyclic N) is 1. The summed E-state index contributed by atoms with van der Waals surface area (Å²) in [6.07, 6.45) is -0.257. The highest BCUT2D eigenvalue weighted by Gasteiger charge is 2.31. The van der Waals surface area contributed by atoms with Crippen LogP contribution in [0, 0.1) is 0 Å². The topological polar surface area (TPSA) is 57.6 Å². The van der Waals surface area contributed by atoms with Crippen molar-refractivity contribution in [1.29, 1.82) is 0 Å². The van der Waals surface area contributed by atoms with Crippen LogP contribution >= 0.6 is 0 Å². The summed E-state index contributed by atoms with van der Waals surface area (Å²) in [5, 5.41) is 9.02. The van der Waals surface area contributed by atoms with E-state index in [-0.39, 0.29) is 11.9 Å². The maximum absolute atomic E-state index is 11.7. The summed E-state index contributed by atoms with van der Waals surface area (Å²) < 4.78 is 22.7. The Morgan fingerprint density at radius 2 is 1.86 bits per heavy atom. The summed E-state index contributed by atoms with van der Waals surface area (Å²) >= 11 is 0. The van der Waals surface area contributed by atoms with E-state index >= 15 is 0 Å². The fraction of sp³-hybridized carbons (Fsp3) is 1.00. The quantitative estimate of drug-likeness (QED) is 0.721. The molecule has 84 valence electrons. The van der Waals surface area contributed by atoms with E-state index in [4.69, 9.17) is 5.11 Å². The van der Waals surface area contributed by atoms with Gasteiger partial charge in [-0.3, -0.25) is 4.90 Å². The van der Waals surface area contributed by atoms with Crippen molar-refractivity contribution in [3.63, 3.8) is 0 Å². The second-order valence-corrected chi connectivity index (χ2v) is 7.71. The number of aliphatic hydroxyl groups excluding tert-OH is 1. The average Bonchev–Trinajstić information content (AvgIpc) is 1.93. The normalized spacial score (nSPS) is 20.9. The number of sulfone groups is 1. The van der Waals surface area contributed by atoms with E-state index in [1.807, 2.05) is 4.90 Å². The largest absolute Gasteiger partial charge is 0.390 e. The number of rotatable bonds is 3. The minimum absolute atomic E-state index is 0.184. The van der Waals surface area contributed by atoms with Crippen LogP contribution in [0.25, 0.3) is 0 Å². The van der Waals surface area contributed by atoms with Crippen molar-refractivity contribution in [3.05, 3.63) is 0 Å². The van der Waals surface area contributed by atoms with Crippen LogP contribution in [0.1, 0.15) is 20.8 Å². The summed E-state index contributed by atoms with van der Waals surface area (Å²) in [5.74, 6) is 0.184. The Morgan fingerprint density at radius 3 is 2.21 bits per heavy atom. The molecule has 4 nitrogen and oxygen atoms in total. The third kappa shape index (κ3) is 2.68. The third-order valence-electron chi connectivity index (χ3n) is 2.55. The molecule has 0 bridgehead atoms. The van der Waals surface area contributed by atoms with E-state index in [0.717, 1.165) is 0 Å². The first kappa shape index (κ1) is 11.9. The van der Waals surface area contributed by atoms with Crippen LogP contribution in [-0.2, 0) is 9.84 Å². The van der Waals surface area contributed by atoms with E-state index < -0.39 is 14.6 Å². The number of hydrogen-bond donors (Lipinski definition) is 1. The highest BCUT2D eigenvalue weighted by molar-refractivity contribution is 7.92. The zero-order valence-corrected chi connectivity index (χ0v) is 9.84. The molecular weight excluding hydrogens is 202 g/mol. The summed E-state index contributed by atoms with van der Waals surface area (Å²) in [6.45, 7) is 6.91. The molecule has 0 aliphatic carbocycles. The Morgan fingerprint density at radius 1 is 1.36 bits per heavy atom. The van der Waals surface area contributed by atoms with Gasteiger partial charge in [0.25, 0.3) is 0 Å². The molecule has 1 N–H and O–H groups in total. The molecule has 1 fully saturated rings. The third-order valence-corrected chi connectivity index (χ3v) is 5.13. The number of aliphatic hydroxyl groups is 1. The van der Waals surface area contributed by atoms with Crippen molar-refractivity contribution >= 4 is 9.84 Å². The van der Waals surface area contributed by atoms with E-state index in [9.17, 15) is 8.42 Å². The van der Waals surface area contributed by atoms with Gasteiger partial charge in [0.1, 0.15) is 0 Å². The minimum atomic E-state index is -3.01. The van der Waals surface area contributed by atoms with Crippen molar-refractivity contribution in [2.75, 3.05) is 25.4 Å². The van der Waals surface area contributed by atoms with Crippen molar-refractivity contribution < 1.29 is 13.5 Å². The Hall–Kier alpha value is -0.130. The molecular formula is C9H19NO3S. The smallest absolute Gasteiger partial charge is 0.156 e. The highest BCUT2D eigenvalue weighted by atomic mass is 32.2. The van der Waals surface area contributed by atoms with Gasteiger partial charge in [-0.25, -0.2) is 8.42 Å². The Bertz CT molecular complexity index is 286. The predicted octanol–water partition coefficient (Wildman–Crippen LogP) is -0.124. The van der Waals surface area contributed by atoms with Gasteiger partial charge in [0.05, 0.1) is 16.6 Å². The molecule has 0 aromatic carbocycles. The zero-order valence-electron chi connectivity index (χ0n) is 9.02. The molecule has 1 heterocycles. The molecule has 0 radical (unpaired) electrons. The lowest BCUT2D eigenvalue weighted by Gasteiger charge is -2.36. The SMILES string of the molecule is CC(C)(C)S(=O)(=O)CCN1CC(O)C1. The summed E-state index contributed by atoms with van der Waals surface area (Å²) in [7, 11) is -3.01. The molecule has 0 saturated carbocycles.